The first-order valence-corrected chi connectivity index (χ1v) is 15.9. The number of sulfone groups is 1. The Bertz CT molecular complexity index is 1380. The van der Waals surface area contributed by atoms with Gasteiger partial charge in [0.05, 0.1) is 17.3 Å². The minimum absolute atomic E-state index is 0.237. The highest BCUT2D eigenvalue weighted by atomic mass is 32.2. The number of aliphatic hydroxyl groups is 1. The number of carbonyl (C=O) groups excluding carboxylic acids is 2. The van der Waals surface area contributed by atoms with Crippen molar-refractivity contribution in [1.82, 2.24) is 15.1 Å². The first-order chi connectivity index (χ1) is 18.3. The smallest absolute Gasteiger partial charge is 0.257 e. The van der Waals surface area contributed by atoms with Crippen molar-refractivity contribution < 1.29 is 23.1 Å². The van der Waals surface area contributed by atoms with Crippen molar-refractivity contribution in [3.63, 3.8) is 0 Å². The number of aromatic nitrogens is 2. The molecule has 1 aliphatic carbocycles. The first kappa shape index (κ1) is 27.6. The fraction of sp³-hybridized carbons (Fsp3) is 0.607. The van der Waals surface area contributed by atoms with E-state index in [9.17, 15) is 23.1 Å². The van der Waals surface area contributed by atoms with Gasteiger partial charge in [-0.05, 0) is 55.9 Å². The van der Waals surface area contributed by atoms with Crippen molar-refractivity contribution in [2.75, 3.05) is 35.3 Å². The van der Waals surface area contributed by atoms with Gasteiger partial charge in [0, 0.05) is 43.9 Å². The summed E-state index contributed by atoms with van der Waals surface area (Å²) >= 11 is 0. The zero-order chi connectivity index (χ0) is 28.1. The van der Waals surface area contributed by atoms with E-state index < -0.39 is 27.1 Å². The van der Waals surface area contributed by atoms with Gasteiger partial charge < -0.3 is 20.6 Å². The van der Waals surface area contributed by atoms with Crippen LogP contribution in [0, 0.1) is 11.8 Å². The van der Waals surface area contributed by atoms with Crippen LogP contribution in [0.4, 0.5) is 11.5 Å². The number of rotatable bonds is 10. The molecule has 3 aliphatic rings. The molecule has 1 atom stereocenters. The predicted molar refractivity (Wildman–Crippen MR) is 150 cm³/mol. The molecule has 0 radical (unpaired) electrons. The molecule has 0 spiro atoms. The van der Waals surface area contributed by atoms with Crippen LogP contribution in [0.15, 0.2) is 18.2 Å². The number of nitrogens with one attached hydrogen (secondary N) is 2. The third kappa shape index (κ3) is 6.14. The quantitative estimate of drug-likeness (QED) is 0.409. The van der Waals surface area contributed by atoms with Gasteiger partial charge in [0.1, 0.15) is 17.1 Å². The molecular weight excluding hydrogens is 518 g/mol. The minimum atomic E-state index is -3.52. The van der Waals surface area contributed by atoms with Crippen LogP contribution in [0.1, 0.15) is 73.3 Å². The lowest BCUT2D eigenvalue weighted by atomic mass is 9.83. The Morgan fingerprint density at radius 1 is 1.26 bits per heavy atom. The molecule has 2 amide bonds. The van der Waals surface area contributed by atoms with Crippen molar-refractivity contribution in [2.45, 2.75) is 71.1 Å². The topological polar surface area (TPSA) is 134 Å². The number of fused-ring (bicyclic) bond motifs is 1. The van der Waals surface area contributed by atoms with Crippen molar-refractivity contribution in [3.8, 4) is 0 Å². The number of benzene rings is 1. The SMILES string of the molecule is CCc1cc(N2CC(C(C)(C)O)C2)ccc1[C@H]1Cc2nn(CCC3CC3)c(NC(=O)CS(C)(=O)=O)c2C(=O)N1. The number of hydrogen-bond acceptors (Lipinski definition) is 7. The molecule has 2 aliphatic heterocycles. The van der Waals surface area contributed by atoms with Gasteiger partial charge in [-0.3, -0.25) is 9.59 Å². The van der Waals surface area contributed by atoms with E-state index >= 15 is 0 Å². The van der Waals surface area contributed by atoms with Crippen molar-refractivity contribution in [1.29, 1.82) is 0 Å². The Kier molecular flexibility index (Phi) is 7.26. The highest BCUT2D eigenvalue weighted by molar-refractivity contribution is 7.91. The zero-order valence-electron chi connectivity index (χ0n) is 23.2. The minimum Gasteiger partial charge on any atom is -0.390 e. The van der Waals surface area contributed by atoms with Gasteiger partial charge in [-0.25, -0.2) is 13.1 Å². The molecule has 3 heterocycles. The van der Waals surface area contributed by atoms with Gasteiger partial charge in [0.2, 0.25) is 5.91 Å². The van der Waals surface area contributed by atoms with Crippen molar-refractivity contribution >= 4 is 33.2 Å². The van der Waals surface area contributed by atoms with Crippen molar-refractivity contribution in [3.05, 3.63) is 40.6 Å². The standard InChI is InChI=1S/C28H39N5O5S/c1-5-18-12-20(32-14-19(15-32)28(2,3)36)8-9-21(18)22-13-23-25(27(35)29-22)26(30-24(34)16-39(4,37)38)33(31-23)11-10-17-6-7-17/h8-9,12,17,19,22,36H,5-7,10-11,13-16H2,1-4H3,(H,29,35)(H,30,34)/t22-/m1/s1. The van der Waals surface area contributed by atoms with Crippen LogP contribution >= 0.6 is 0 Å². The Hall–Kier alpha value is -2.92. The molecule has 39 heavy (non-hydrogen) atoms. The summed E-state index contributed by atoms with van der Waals surface area (Å²) in [6, 6.07) is 6.05. The Morgan fingerprint density at radius 3 is 2.59 bits per heavy atom. The molecule has 2 aromatic rings. The number of anilines is 2. The molecule has 1 saturated heterocycles. The molecule has 11 heteroatoms. The fourth-order valence-electron chi connectivity index (χ4n) is 5.53. The van der Waals surface area contributed by atoms with E-state index in [4.69, 9.17) is 5.10 Å². The van der Waals surface area contributed by atoms with E-state index in [1.165, 1.54) is 12.8 Å². The summed E-state index contributed by atoms with van der Waals surface area (Å²) in [4.78, 5) is 28.2. The third-order valence-corrected chi connectivity index (χ3v) is 8.97. The van der Waals surface area contributed by atoms with Crippen molar-refractivity contribution in [2.24, 2.45) is 11.8 Å². The highest BCUT2D eigenvalue weighted by Gasteiger charge is 2.38. The fourth-order valence-corrected chi connectivity index (χ4v) is 6.08. The van der Waals surface area contributed by atoms with Gasteiger partial charge in [-0.2, -0.15) is 5.10 Å². The molecule has 0 bridgehead atoms. The lowest BCUT2D eigenvalue weighted by molar-refractivity contribution is -0.113. The van der Waals surface area contributed by atoms with Crippen LogP contribution in [0.3, 0.4) is 0 Å². The Morgan fingerprint density at radius 2 is 1.97 bits per heavy atom. The van der Waals surface area contributed by atoms with Gasteiger partial charge in [0.25, 0.3) is 5.91 Å². The van der Waals surface area contributed by atoms with E-state index in [-0.39, 0.29) is 23.7 Å². The van der Waals surface area contributed by atoms with Crippen LogP contribution in [0.25, 0.3) is 0 Å². The summed E-state index contributed by atoms with van der Waals surface area (Å²) in [5, 5.41) is 20.8. The Balaban J connectivity index is 1.38. The first-order valence-electron chi connectivity index (χ1n) is 13.8. The van der Waals surface area contributed by atoms with E-state index in [0.717, 1.165) is 49.0 Å². The van der Waals surface area contributed by atoms with Gasteiger partial charge in [0.15, 0.2) is 9.84 Å². The zero-order valence-corrected chi connectivity index (χ0v) is 24.0. The average molecular weight is 558 g/mol. The molecule has 3 N–H and O–H groups in total. The number of nitrogens with zero attached hydrogens (tertiary/aromatic N) is 3. The Labute approximate surface area is 230 Å². The lowest BCUT2D eigenvalue weighted by Crippen LogP contribution is -2.55. The van der Waals surface area contributed by atoms with Gasteiger partial charge >= 0.3 is 0 Å². The molecule has 1 saturated carbocycles. The monoisotopic (exact) mass is 557 g/mol. The molecule has 5 rings (SSSR count). The van der Waals surface area contributed by atoms with Gasteiger partial charge in [-0.15, -0.1) is 0 Å². The lowest BCUT2D eigenvalue weighted by Gasteiger charge is -2.46. The van der Waals surface area contributed by atoms with Crippen LogP contribution in [-0.2, 0) is 34.0 Å². The maximum atomic E-state index is 13.4. The summed E-state index contributed by atoms with van der Waals surface area (Å²) in [7, 11) is -3.52. The molecular formula is C28H39N5O5S. The molecule has 1 aromatic heterocycles. The number of hydrogen-bond donors (Lipinski definition) is 3. The molecule has 212 valence electrons. The number of amides is 2. The molecule has 10 nitrogen and oxygen atoms in total. The number of carbonyl (C=O) groups is 2. The van der Waals surface area contributed by atoms with E-state index in [2.05, 4.69) is 40.7 Å². The second-order valence-electron chi connectivity index (χ2n) is 12.0. The van der Waals surface area contributed by atoms with Crippen LogP contribution in [0.5, 0.6) is 0 Å². The van der Waals surface area contributed by atoms with Crippen LogP contribution in [0.2, 0.25) is 0 Å². The van der Waals surface area contributed by atoms with Gasteiger partial charge in [-0.1, -0.05) is 25.8 Å². The van der Waals surface area contributed by atoms with E-state index in [1.54, 1.807) is 4.68 Å². The summed E-state index contributed by atoms with van der Waals surface area (Å²) in [5.41, 5.74) is 3.52. The van der Waals surface area contributed by atoms with E-state index in [1.807, 2.05) is 13.8 Å². The second kappa shape index (κ2) is 10.2. The largest absolute Gasteiger partial charge is 0.390 e. The van der Waals surface area contributed by atoms with E-state index in [0.29, 0.717) is 30.1 Å². The average Bonchev–Trinajstić information content (AvgIpc) is 3.56. The maximum Gasteiger partial charge on any atom is 0.257 e. The summed E-state index contributed by atoms with van der Waals surface area (Å²) < 4.78 is 25.0. The summed E-state index contributed by atoms with van der Waals surface area (Å²) in [6.07, 6.45) is 5.52. The predicted octanol–water partition coefficient (Wildman–Crippen LogP) is 2.46. The molecule has 2 fully saturated rings. The second-order valence-corrected chi connectivity index (χ2v) is 14.1. The summed E-state index contributed by atoms with van der Waals surface area (Å²) in [6.45, 7) is 7.97. The highest BCUT2D eigenvalue weighted by Crippen LogP contribution is 2.37. The maximum absolute atomic E-state index is 13.4. The molecule has 1 aromatic carbocycles. The summed E-state index contributed by atoms with van der Waals surface area (Å²) in [5.74, 6) is -0.511. The normalized spacial score (nSPS) is 19.9. The van der Waals surface area contributed by atoms with Crippen LogP contribution in [-0.4, -0.2) is 65.8 Å². The molecule has 0 unspecified atom stereocenters. The number of aryl methyl sites for hydroxylation is 2. The third-order valence-electron chi connectivity index (χ3n) is 8.18. The van der Waals surface area contributed by atoms with Crippen LogP contribution < -0.4 is 15.5 Å².